The zero-order valence-electron chi connectivity index (χ0n) is 16.8. The van der Waals surface area contributed by atoms with Crippen molar-refractivity contribution in [3.63, 3.8) is 0 Å². The molecule has 2 aromatic rings. The molecule has 2 rings (SSSR count). The van der Waals surface area contributed by atoms with Crippen LogP contribution in [0.15, 0.2) is 47.5 Å². The van der Waals surface area contributed by atoms with Gasteiger partial charge in [-0.1, -0.05) is 41.4 Å². The highest BCUT2D eigenvalue weighted by Gasteiger charge is 2.08. The van der Waals surface area contributed by atoms with Crippen LogP contribution in [0.25, 0.3) is 0 Å². The fraction of sp³-hybridized carbons (Fsp3) is 0.333. The van der Waals surface area contributed by atoms with Crippen molar-refractivity contribution in [2.24, 2.45) is 4.99 Å². The van der Waals surface area contributed by atoms with Crippen LogP contribution in [-0.2, 0) is 13.0 Å². The molecule has 8 heteroatoms. The summed E-state index contributed by atoms with van der Waals surface area (Å²) in [5.74, 6) is 0.721. The van der Waals surface area contributed by atoms with Crippen LogP contribution in [0.1, 0.15) is 28.4 Å². The first-order valence-electron chi connectivity index (χ1n) is 9.17. The number of amides is 1. The summed E-state index contributed by atoms with van der Waals surface area (Å²) in [5, 5.41) is 7.75. The van der Waals surface area contributed by atoms with E-state index in [-0.39, 0.29) is 29.9 Å². The molecule has 2 N–H and O–H groups in total. The van der Waals surface area contributed by atoms with Crippen LogP contribution in [0.5, 0.6) is 0 Å². The van der Waals surface area contributed by atoms with Crippen LogP contribution in [-0.4, -0.2) is 44.0 Å². The highest BCUT2D eigenvalue weighted by Crippen LogP contribution is 2.21. The summed E-state index contributed by atoms with van der Waals surface area (Å²) in [6.45, 7) is 3.92. The predicted molar refractivity (Wildman–Crippen MR) is 133 cm³/mol. The van der Waals surface area contributed by atoms with Gasteiger partial charge in [-0.15, -0.1) is 24.0 Å². The van der Waals surface area contributed by atoms with Gasteiger partial charge in [0, 0.05) is 42.8 Å². The van der Waals surface area contributed by atoms with Gasteiger partial charge in [0.1, 0.15) is 0 Å². The van der Waals surface area contributed by atoms with E-state index in [1.165, 1.54) is 0 Å². The topological polar surface area (TPSA) is 56.7 Å². The largest absolute Gasteiger partial charge is 0.357 e. The highest BCUT2D eigenvalue weighted by molar-refractivity contribution is 14.0. The molecule has 0 spiro atoms. The molecule has 29 heavy (non-hydrogen) atoms. The minimum atomic E-state index is 0. The Morgan fingerprint density at radius 2 is 1.86 bits per heavy atom. The van der Waals surface area contributed by atoms with E-state index in [2.05, 4.69) is 15.6 Å². The summed E-state index contributed by atoms with van der Waals surface area (Å²) < 4.78 is 0. The number of hydrogen-bond donors (Lipinski definition) is 2. The third kappa shape index (κ3) is 8.40. The average molecular weight is 549 g/mol. The molecule has 5 nitrogen and oxygen atoms in total. The third-order valence-electron chi connectivity index (χ3n) is 4.05. The van der Waals surface area contributed by atoms with E-state index in [4.69, 9.17) is 23.2 Å². The van der Waals surface area contributed by atoms with Gasteiger partial charge in [0.25, 0.3) is 5.91 Å². The number of carbonyl (C=O) groups excluding carboxylic acids is 1. The molecule has 0 saturated heterocycles. The molecule has 2 aromatic carbocycles. The van der Waals surface area contributed by atoms with E-state index in [0.29, 0.717) is 34.7 Å². The van der Waals surface area contributed by atoms with Crippen molar-refractivity contribution in [2.75, 3.05) is 27.2 Å². The Morgan fingerprint density at radius 3 is 2.52 bits per heavy atom. The first kappa shape index (κ1) is 25.5. The first-order chi connectivity index (χ1) is 13.4. The molecular weight excluding hydrogens is 522 g/mol. The Morgan fingerprint density at radius 1 is 1.10 bits per heavy atom. The number of guanidine groups is 1. The van der Waals surface area contributed by atoms with Crippen molar-refractivity contribution in [1.29, 1.82) is 0 Å². The number of rotatable bonds is 7. The van der Waals surface area contributed by atoms with Crippen LogP contribution >= 0.6 is 47.2 Å². The summed E-state index contributed by atoms with van der Waals surface area (Å²) in [6, 6.07) is 13.1. The van der Waals surface area contributed by atoms with E-state index in [0.717, 1.165) is 24.1 Å². The molecule has 0 fully saturated rings. The van der Waals surface area contributed by atoms with Crippen molar-refractivity contribution >= 4 is 59.0 Å². The molecule has 0 aliphatic carbocycles. The zero-order valence-corrected chi connectivity index (χ0v) is 20.7. The Hall–Kier alpha value is -1.51. The van der Waals surface area contributed by atoms with E-state index in [1.54, 1.807) is 31.1 Å². The lowest BCUT2D eigenvalue weighted by Crippen LogP contribution is -2.38. The molecule has 0 aliphatic heterocycles. The van der Waals surface area contributed by atoms with E-state index < -0.39 is 0 Å². The van der Waals surface area contributed by atoms with Gasteiger partial charge in [0.2, 0.25) is 0 Å². The fourth-order valence-electron chi connectivity index (χ4n) is 2.60. The minimum absolute atomic E-state index is 0. The van der Waals surface area contributed by atoms with Gasteiger partial charge in [-0.3, -0.25) is 4.79 Å². The number of benzene rings is 2. The summed E-state index contributed by atoms with van der Waals surface area (Å²) in [7, 11) is 3.51. The minimum Gasteiger partial charge on any atom is -0.357 e. The lowest BCUT2D eigenvalue weighted by atomic mass is 10.1. The third-order valence-corrected chi connectivity index (χ3v) is 4.64. The molecule has 0 unspecified atom stereocenters. The molecule has 0 aliphatic rings. The number of nitrogens with zero attached hydrogens (tertiary/aromatic N) is 2. The highest BCUT2D eigenvalue weighted by atomic mass is 127. The predicted octanol–water partition coefficient (Wildman–Crippen LogP) is 4.61. The molecule has 0 heterocycles. The fourth-order valence-corrected chi connectivity index (χ4v) is 3.07. The van der Waals surface area contributed by atoms with Gasteiger partial charge >= 0.3 is 0 Å². The van der Waals surface area contributed by atoms with Gasteiger partial charge in [0.05, 0.1) is 6.54 Å². The van der Waals surface area contributed by atoms with Crippen LogP contribution in [0, 0.1) is 0 Å². The standard InChI is InChI=1S/C21H26Cl2N4O.HI/c1-4-24-21(26-14-17-8-9-18(22)13-19(17)23)25-11-10-15-6-5-7-16(12-15)20(28)27(2)3;/h5-9,12-13H,4,10-11,14H2,1-3H3,(H2,24,25,26);1H. The van der Waals surface area contributed by atoms with E-state index in [1.807, 2.05) is 37.3 Å². The van der Waals surface area contributed by atoms with Gasteiger partial charge in [-0.2, -0.15) is 0 Å². The van der Waals surface area contributed by atoms with Crippen LogP contribution in [0.4, 0.5) is 0 Å². The lowest BCUT2D eigenvalue weighted by Gasteiger charge is -2.13. The molecule has 0 saturated carbocycles. The lowest BCUT2D eigenvalue weighted by molar-refractivity contribution is 0.0827. The van der Waals surface area contributed by atoms with E-state index >= 15 is 0 Å². The van der Waals surface area contributed by atoms with Crippen molar-refractivity contribution in [3.8, 4) is 0 Å². The van der Waals surface area contributed by atoms with Crippen LogP contribution in [0.2, 0.25) is 10.0 Å². The molecule has 0 atom stereocenters. The maximum atomic E-state index is 12.1. The zero-order chi connectivity index (χ0) is 20.5. The Bertz CT molecular complexity index is 843. The molecular formula is C21H27Cl2IN4O. The van der Waals surface area contributed by atoms with Gasteiger partial charge < -0.3 is 15.5 Å². The smallest absolute Gasteiger partial charge is 0.253 e. The second kappa shape index (κ2) is 12.9. The van der Waals surface area contributed by atoms with Crippen molar-refractivity contribution < 1.29 is 4.79 Å². The second-order valence-electron chi connectivity index (χ2n) is 6.51. The first-order valence-corrected chi connectivity index (χ1v) is 9.93. The van der Waals surface area contributed by atoms with Crippen molar-refractivity contribution in [2.45, 2.75) is 19.9 Å². The van der Waals surface area contributed by atoms with Crippen molar-refractivity contribution in [1.82, 2.24) is 15.5 Å². The number of hydrogen-bond acceptors (Lipinski definition) is 2. The maximum absolute atomic E-state index is 12.1. The normalized spacial score (nSPS) is 10.9. The number of aliphatic imine (C=N–C) groups is 1. The van der Waals surface area contributed by atoms with Gasteiger partial charge in [0.15, 0.2) is 5.96 Å². The summed E-state index contributed by atoms with van der Waals surface area (Å²) >= 11 is 12.1. The number of halogens is 3. The van der Waals surface area contributed by atoms with E-state index in [9.17, 15) is 4.79 Å². The summed E-state index contributed by atoms with van der Waals surface area (Å²) in [5.41, 5.74) is 2.70. The maximum Gasteiger partial charge on any atom is 0.253 e. The Kier molecular flexibility index (Phi) is 11.4. The molecule has 1 amide bonds. The summed E-state index contributed by atoms with van der Waals surface area (Å²) in [6.07, 6.45) is 0.778. The van der Waals surface area contributed by atoms with Gasteiger partial charge in [-0.05, 0) is 48.7 Å². The Balaban J connectivity index is 0.00000420. The Labute approximate surface area is 199 Å². The monoisotopic (exact) mass is 548 g/mol. The van der Waals surface area contributed by atoms with Gasteiger partial charge in [-0.25, -0.2) is 4.99 Å². The molecule has 158 valence electrons. The SMILES string of the molecule is CCNC(=NCc1ccc(Cl)cc1Cl)NCCc1cccc(C(=O)N(C)C)c1.I. The number of nitrogens with one attached hydrogen (secondary N) is 2. The average Bonchev–Trinajstić information content (AvgIpc) is 2.66. The van der Waals surface area contributed by atoms with Crippen LogP contribution in [0.3, 0.4) is 0 Å². The summed E-state index contributed by atoms with van der Waals surface area (Å²) in [4.78, 5) is 18.3. The molecule has 0 bridgehead atoms. The van der Waals surface area contributed by atoms with Crippen LogP contribution < -0.4 is 10.6 Å². The molecule has 0 aromatic heterocycles. The van der Waals surface area contributed by atoms with Crippen molar-refractivity contribution in [3.05, 3.63) is 69.2 Å². The number of carbonyl (C=O) groups is 1. The quantitative estimate of drug-likeness (QED) is 0.302. The molecule has 0 radical (unpaired) electrons. The second-order valence-corrected chi connectivity index (χ2v) is 7.35.